The highest BCUT2D eigenvalue weighted by molar-refractivity contribution is 7.85. The van der Waals surface area contributed by atoms with E-state index in [4.69, 9.17) is 12.6 Å². The first-order valence-corrected chi connectivity index (χ1v) is 8.18. The second-order valence-corrected chi connectivity index (χ2v) is 6.19. The quantitative estimate of drug-likeness (QED) is 0.420. The normalized spacial score (nSPS) is 12.4. The lowest BCUT2D eigenvalue weighted by molar-refractivity contribution is -0.145. The van der Waals surface area contributed by atoms with Crippen molar-refractivity contribution < 1.29 is 26.9 Å². The Kier molecular flexibility index (Phi) is 7.06. The van der Waals surface area contributed by atoms with Crippen LogP contribution in [0.4, 0.5) is 4.79 Å². The molecule has 9 heteroatoms. The summed E-state index contributed by atoms with van der Waals surface area (Å²) in [5, 5.41) is 2.23. The zero-order valence-corrected chi connectivity index (χ0v) is 12.8. The van der Waals surface area contributed by atoms with E-state index in [1.807, 2.05) is 6.07 Å². The fraction of sp³-hybridized carbons (Fsp3) is 0.385. The summed E-state index contributed by atoms with van der Waals surface area (Å²) < 4.78 is 31.5. The van der Waals surface area contributed by atoms with Crippen LogP contribution in [0, 0.1) is 0 Å². The van der Waals surface area contributed by atoms with Gasteiger partial charge < -0.3 is 10.1 Å². The van der Waals surface area contributed by atoms with Crippen LogP contribution >= 0.6 is 0 Å². The molecule has 2 radical (unpaired) electrons. The number of esters is 1. The SMILES string of the molecule is [B]C(=O)NC(COS(C)(=O)=O)CC(=O)OCc1ccccc1. The second-order valence-electron chi connectivity index (χ2n) is 4.54. The van der Waals surface area contributed by atoms with E-state index in [2.05, 4.69) is 9.50 Å². The van der Waals surface area contributed by atoms with Crippen molar-refractivity contribution in [2.45, 2.75) is 19.1 Å². The molecule has 0 spiro atoms. The van der Waals surface area contributed by atoms with Gasteiger partial charge in [0.15, 0.2) is 5.81 Å². The Morgan fingerprint density at radius 3 is 2.45 bits per heavy atom. The van der Waals surface area contributed by atoms with Gasteiger partial charge in [-0.05, 0) is 5.56 Å². The van der Waals surface area contributed by atoms with Gasteiger partial charge in [-0.15, -0.1) is 0 Å². The van der Waals surface area contributed by atoms with E-state index >= 15 is 0 Å². The molecule has 1 amide bonds. The molecule has 22 heavy (non-hydrogen) atoms. The van der Waals surface area contributed by atoms with E-state index in [1.165, 1.54) is 0 Å². The van der Waals surface area contributed by atoms with Crippen LogP contribution in [0.2, 0.25) is 0 Å². The molecule has 0 aliphatic carbocycles. The van der Waals surface area contributed by atoms with Gasteiger partial charge in [0.2, 0.25) is 7.85 Å². The number of ether oxygens (including phenoxy) is 1. The molecule has 0 saturated heterocycles. The van der Waals surface area contributed by atoms with Crippen LogP contribution in [0.15, 0.2) is 30.3 Å². The lowest BCUT2D eigenvalue weighted by Crippen LogP contribution is -2.40. The van der Waals surface area contributed by atoms with Gasteiger partial charge in [-0.1, -0.05) is 30.3 Å². The molecule has 1 unspecified atom stereocenters. The average molecular weight is 325 g/mol. The van der Waals surface area contributed by atoms with Gasteiger partial charge in [0.05, 0.1) is 25.3 Å². The summed E-state index contributed by atoms with van der Waals surface area (Å²) in [5.41, 5.74) is 0.808. The molecule has 1 atom stereocenters. The van der Waals surface area contributed by atoms with Gasteiger partial charge in [-0.2, -0.15) is 8.42 Å². The number of rotatable bonds is 8. The van der Waals surface area contributed by atoms with Crippen molar-refractivity contribution in [2.24, 2.45) is 0 Å². The van der Waals surface area contributed by atoms with E-state index in [0.717, 1.165) is 11.8 Å². The predicted octanol–water partition coefficient (Wildman–Crippen LogP) is 0.343. The van der Waals surface area contributed by atoms with E-state index in [-0.39, 0.29) is 13.0 Å². The van der Waals surface area contributed by atoms with Crippen LogP contribution in [0.3, 0.4) is 0 Å². The molecule has 118 valence electrons. The second kappa shape index (κ2) is 8.55. The monoisotopic (exact) mass is 325 g/mol. The molecule has 0 aliphatic rings. The lowest BCUT2D eigenvalue weighted by atomic mass is 10.1. The van der Waals surface area contributed by atoms with Crippen LogP contribution < -0.4 is 5.32 Å². The Labute approximate surface area is 130 Å². The van der Waals surface area contributed by atoms with Crippen molar-refractivity contribution >= 4 is 29.7 Å². The summed E-state index contributed by atoms with van der Waals surface area (Å²) in [6.07, 6.45) is 0.605. The maximum Gasteiger partial charge on any atom is 0.308 e. The Balaban J connectivity index is 2.49. The minimum atomic E-state index is -3.69. The first kappa shape index (κ1) is 18.2. The van der Waals surface area contributed by atoms with E-state index < -0.39 is 34.5 Å². The predicted molar refractivity (Wildman–Crippen MR) is 79.7 cm³/mol. The topological polar surface area (TPSA) is 98.8 Å². The molecule has 0 saturated carbocycles. The number of amides is 1. The molecule has 1 N–H and O–H groups in total. The summed E-state index contributed by atoms with van der Waals surface area (Å²) in [7, 11) is 1.28. The van der Waals surface area contributed by atoms with Crippen molar-refractivity contribution in [3.63, 3.8) is 0 Å². The van der Waals surface area contributed by atoms with Crippen molar-refractivity contribution in [1.29, 1.82) is 0 Å². The van der Waals surface area contributed by atoms with Crippen LogP contribution in [-0.4, -0.2) is 46.9 Å². The van der Waals surface area contributed by atoms with Gasteiger partial charge in [0, 0.05) is 0 Å². The molecule has 0 aliphatic heterocycles. The first-order chi connectivity index (χ1) is 10.3. The third-order valence-corrected chi connectivity index (χ3v) is 3.05. The highest BCUT2D eigenvalue weighted by Gasteiger charge is 2.18. The average Bonchev–Trinajstić information content (AvgIpc) is 2.42. The molecule has 0 heterocycles. The minimum Gasteiger partial charge on any atom is -0.461 e. The molecular weight excluding hydrogens is 309 g/mol. The Morgan fingerprint density at radius 2 is 1.91 bits per heavy atom. The van der Waals surface area contributed by atoms with Crippen molar-refractivity contribution in [3.8, 4) is 0 Å². The summed E-state index contributed by atoms with van der Waals surface area (Å²) in [6, 6.07) is 8.13. The smallest absolute Gasteiger partial charge is 0.308 e. The van der Waals surface area contributed by atoms with Crippen molar-refractivity contribution in [1.82, 2.24) is 5.32 Å². The van der Waals surface area contributed by atoms with Crippen LogP contribution in [0.25, 0.3) is 0 Å². The van der Waals surface area contributed by atoms with E-state index in [0.29, 0.717) is 0 Å². The Morgan fingerprint density at radius 1 is 1.27 bits per heavy atom. The summed E-state index contributed by atoms with van der Waals surface area (Å²) in [5.74, 6) is -1.50. The summed E-state index contributed by atoms with van der Waals surface area (Å²) in [4.78, 5) is 22.6. The first-order valence-electron chi connectivity index (χ1n) is 6.36. The Bertz CT molecular complexity index is 604. The number of carbonyl (C=O) groups is 2. The van der Waals surface area contributed by atoms with Crippen LogP contribution in [-0.2, 0) is 30.4 Å². The largest absolute Gasteiger partial charge is 0.461 e. The Hall–Kier alpha value is -1.87. The molecule has 1 aromatic carbocycles. The number of nitrogens with one attached hydrogen (secondary N) is 1. The van der Waals surface area contributed by atoms with E-state index in [1.54, 1.807) is 24.3 Å². The van der Waals surface area contributed by atoms with Crippen molar-refractivity contribution in [3.05, 3.63) is 35.9 Å². The van der Waals surface area contributed by atoms with Gasteiger partial charge in [0.25, 0.3) is 10.1 Å². The summed E-state index contributed by atoms with van der Waals surface area (Å²) in [6.45, 7) is -0.321. The number of carbonyl (C=O) groups excluding carboxylic acids is 2. The maximum absolute atomic E-state index is 11.7. The number of benzene rings is 1. The van der Waals surface area contributed by atoms with E-state index in [9.17, 15) is 18.0 Å². The fourth-order valence-corrected chi connectivity index (χ4v) is 1.97. The molecule has 7 nitrogen and oxygen atoms in total. The maximum atomic E-state index is 11.7. The van der Waals surface area contributed by atoms with Crippen LogP contribution in [0.1, 0.15) is 12.0 Å². The molecule has 0 fully saturated rings. The van der Waals surface area contributed by atoms with Gasteiger partial charge >= 0.3 is 5.97 Å². The third kappa shape index (κ3) is 8.43. The van der Waals surface area contributed by atoms with Crippen LogP contribution in [0.5, 0.6) is 0 Å². The summed E-state index contributed by atoms with van der Waals surface area (Å²) >= 11 is 0. The van der Waals surface area contributed by atoms with Gasteiger partial charge in [-0.3, -0.25) is 13.8 Å². The molecular formula is C13H16BNO6S. The number of hydrogen-bond acceptors (Lipinski definition) is 6. The number of hydrogen-bond donors (Lipinski definition) is 1. The zero-order valence-electron chi connectivity index (χ0n) is 12.0. The molecule has 1 rings (SSSR count). The highest BCUT2D eigenvalue weighted by atomic mass is 32.2. The van der Waals surface area contributed by atoms with Crippen molar-refractivity contribution in [2.75, 3.05) is 12.9 Å². The van der Waals surface area contributed by atoms with Gasteiger partial charge in [0.1, 0.15) is 6.61 Å². The highest BCUT2D eigenvalue weighted by Crippen LogP contribution is 2.04. The standard InChI is InChI=1S/C13H16BNO6S/c1-22(18,19)21-9-11(15-13(14)17)7-12(16)20-8-10-5-3-2-4-6-10/h2-6,11H,7-9H2,1H3,(H,15,17). The molecule has 0 bridgehead atoms. The van der Waals surface area contributed by atoms with Gasteiger partial charge in [-0.25, -0.2) is 0 Å². The fourth-order valence-electron chi connectivity index (χ4n) is 1.56. The minimum absolute atomic E-state index is 0.0793. The molecule has 0 aromatic heterocycles. The third-order valence-electron chi connectivity index (χ3n) is 2.49. The zero-order chi connectivity index (χ0) is 16.6. The lowest BCUT2D eigenvalue weighted by Gasteiger charge is -2.16. The molecule has 1 aromatic rings.